The van der Waals surface area contributed by atoms with Gasteiger partial charge in [0.25, 0.3) is 5.69 Å². The van der Waals surface area contributed by atoms with E-state index >= 15 is 0 Å². The summed E-state index contributed by atoms with van der Waals surface area (Å²) in [6, 6.07) is 2.85. The van der Waals surface area contributed by atoms with Gasteiger partial charge in [0.1, 0.15) is 0 Å². The van der Waals surface area contributed by atoms with Crippen molar-refractivity contribution in [3.8, 4) is 0 Å². The number of aliphatic hydroxyl groups is 1. The van der Waals surface area contributed by atoms with Crippen LogP contribution in [-0.2, 0) is 0 Å². The standard InChI is InChI=1S/C16H23N3O4/c1-10-7-11(2)15(19(22)23)9-14(10)17-16(21)18-6-4-5-13(18)8-12(3)20/h7,9,12-13,20H,4-6,8H2,1-3H3,(H,17,21)/t12-,13-/m1/s1. The van der Waals surface area contributed by atoms with E-state index in [9.17, 15) is 20.0 Å². The molecular weight excluding hydrogens is 298 g/mol. The molecule has 1 aromatic carbocycles. The van der Waals surface area contributed by atoms with Gasteiger partial charge in [-0.1, -0.05) is 0 Å². The van der Waals surface area contributed by atoms with Gasteiger partial charge >= 0.3 is 6.03 Å². The lowest BCUT2D eigenvalue weighted by Crippen LogP contribution is -2.40. The Morgan fingerprint density at radius 2 is 2.17 bits per heavy atom. The number of anilines is 1. The van der Waals surface area contributed by atoms with Gasteiger partial charge in [0.05, 0.1) is 16.7 Å². The van der Waals surface area contributed by atoms with Gasteiger partial charge in [-0.15, -0.1) is 0 Å². The molecule has 0 bridgehead atoms. The number of aliphatic hydroxyl groups excluding tert-OH is 1. The van der Waals surface area contributed by atoms with Crippen molar-refractivity contribution in [3.05, 3.63) is 33.4 Å². The van der Waals surface area contributed by atoms with Gasteiger partial charge in [-0.05, 0) is 51.7 Å². The number of hydrogen-bond donors (Lipinski definition) is 2. The van der Waals surface area contributed by atoms with E-state index in [0.29, 0.717) is 24.2 Å². The second-order valence-corrected chi connectivity index (χ2v) is 6.22. The predicted octanol–water partition coefficient (Wildman–Crippen LogP) is 2.98. The van der Waals surface area contributed by atoms with Crippen molar-refractivity contribution in [2.45, 2.75) is 52.2 Å². The van der Waals surface area contributed by atoms with E-state index in [0.717, 1.165) is 18.4 Å². The monoisotopic (exact) mass is 321 g/mol. The summed E-state index contributed by atoms with van der Waals surface area (Å²) in [5.74, 6) is 0. The topological polar surface area (TPSA) is 95.7 Å². The average Bonchev–Trinajstić information content (AvgIpc) is 2.88. The molecule has 0 spiro atoms. The lowest BCUT2D eigenvalue weighted by atomic mass is 10.1. The summed E-state index contributed by atoms with van der Waals surface area (Å²) >= 11 is 0. The third-order valence-corrected chi connectivity index (χ3v) is 4.23. The minimum atomic E-state index is -0.462. The molecule has 0 radical (unpaired) electrons. The molecule has 0 unspecified atom stereocenters. The van der Waals surface area contributed by atoms with Crippen molar-refractivity contribution in [2.24, 2.45) is 0 Å². The van der Waals surface area contributed by atoms with E-state index in [1.54, 1.807) is 24.8 Å². The fourth-order valence-corrected chi connectivity index (χ4v) is 3.10. The molecular formula is C16H23N3O4. The highest BCUT2D eigenvalue weighted by Crippen LogP contribution is 2.28. The quantitative estimate of drug-likeness (QED) is 0.658. The van der Waals surface area contributed by atoms with Crippen molar-refractivity contribution in [2.75, 3.05) is 11.9 Å². The number of nitro groups is 1. The molecule has 1 saturated heterocycles. The van der Waals surface area contributed by atoms with Crippen LogP contribution in [0.5, 0.6) is 0 Å². The summed E-state index contributed by atoms with van der Waals surface area (Å²) in [6.45, 7) is 5.83. The maximum Gasteiger partial charge on any atom is 0.322 e. The van der Waals surface area contributed by atoms with Gasteiger partial charge in [0, 0.05) is 24.2 Å². The lowest BCUT2D eigenvalue weighted by Gasteiger charge is -2.26. The molecule has 126 valence electrons. The van der Waals surface area contributed by atoms with Gasteiger partial charge in [0.2, 0.25) is 0 Å². The van der Waals surface area contributed by atoms with Crippen molar-refractivity contribution in [1.29, 1.82) is 0 Å². The number of nitro benzene ring substituents is 1. The van der Waals surface area contributed by atoms with Crippen LogP contribution in [0.4, 0.5) is 16.2 Å². The fourth-order valence-electron chi connectivity index (χ4n) is 3.10. The van der Waals surface area contributed by atoms with E-state index in [4.69, 9.17) is 0 Å². The highest BCUT2D eigenvalue weighted by Gasteiger charge is 2.30. The van der Waals surface area contributed by atoms with Crippen LogP contribution < -0.4 is 5.32 Å². The van der Waals surface area contributed by atoms with E-state index < -0.39 is 11.0 Å². The van der Waals surface area contributed by atoms with Gasteiger partial charge in [-0.25, -0.2) is 4.79 Å². The Morgan fingerprint density at radius 1 is 1.48 bits per heavy atom. The Hall–Kier alpha value is -2.15. The fraction of sp³-hybridized carbons (Fsp3) is 0.562. The number of hydrogen-bond acceptors (Lipinski definition) is 4. The Bertz CT molecular complexity index is 616. The van der Waals surface area contributed by atoms with Crippen LogP contribution in [0.2, 0.25) is 0 Å². The third kappa shape index (κ3) is 3.98. The zero-order valence-corrected chi connectivity index (χ0v) is 13.7. The number of amides is 2. The maximum absolute atomic E-state index is 12.5. The highest BCUT2D eigenvalue weighted by atomic mass is 16.6. The smallest absolute Gasteiger partial charge is 0.322 e. The van der Waals surface area contributed by atoms with Crippen molar-refractivity contribution in [1.82, 2.24) is 4.90 Å². The van der Waals surface area contributed by atoms with E-state index in [1.165, 1.54) is 6.07 Å². The molecule has 0 saturated carbocycles. The lowest BCUT2D eigenvalue weighted by molar-refractivity contribution is -0.385. The Balaban J connectivity index is 2.16. The largest absolute Gasteiger partial charge is 0.393 e. The van der Waals surface area contributed by atoms with Crippen molar-refractivity contribution < 1.29 is 14.8 Å². The second kappa shape index (κ2) is 6.95. The van der Waals surface area contributed by atoms with Crippen molar-refractivity contribution in [3.63, 3.8) is 0 Å². The van der Waals surface area contributed by atoms with Crippen LogP contribution in [0.15, 0.2) is 12.1 Å². The molecule has 2 amide bonds. The van der Waals surface area contributed by atoms with E-state index in [2.05, 4.69) is 5.32 Å². The van der Waals surface area contributed by atoms with Crippen LogP contribution in [0.25, 0.3) is 0 Å². The molecule has 1 aliphatic heterocycles. The Morgan fingerprint density at radius 3 is 2.78 bits per heavy atom. The zero-order chi connectivity index (χ0) is 17.1. The normalized spacial score (nSPS) is 18.8. The molecule has 2 N–H and O–H groups in total. The number of nitrogens with one attached hydrogen (secondary N) is 1. The predicted molar refractivity (Wildman–Crippen MR) is 87.6 cm³/mol. The molecule has 0 aliphatic carbocycles. The number of nitrogens with zero attached hydrogens (tertiary/aromatic N) is 2. The molecule has 2 atom stereocenters. The summed E-state index contributed by atoms with van der Waals surface area (Å²) in [5, 5.41) is 23.4. The van der Waals surface area contributed by atoms with E-state index in [-0.39, 0.29) is 17.8 Å². The first kappa shape index (κ1) is 17.2. The summed E-state index contributed by atoms with van der Waals surface area (Å²) < 4.78 is 0. The first-order valence-electron chi connectivity index (χ1n) is 7.81. The first-order valence-corrected chi connectivity index (χ1v) is 7.81. The number of benzene rings is 1. The second-order valence-electron chi connectivity index (χ2n) is 6.22. The van der Waals surface area contributed by atoms with E-state index in [1.807, 2.05) is 6.92 Å². The summed E-state index contributed by atoms with van der Waals surface area (Å²) in [6.07, 6.45) is 1.85. The van der Waals surface area contributed by atoms with Gasteiger partial charge in [0.15, 0.2) is 0 Å². The molecule has 23 heavy (non-hydrogen) atoms. The number of likely N-dealkylation sites (tertiary alicyclic amines) is 1. The van der Waals surface area contributed by atoms with Gasteiger partial charge in [-0.3, -0.25) is 10.1 Å². The van der Waals surface area contributed by atoms with Crippen LogP contribution in [-0.4, -0.2) is 39.7 Å². The Labute approximate surface area is 135 Å². The summed E-state index contributed by atoms with van der Waals surface area (Å²) in [7, 11) is 0. The Kier molecular flexibility index (Phi) is 5.20. The molecule has 1 aromatic rings. The van der Waals surface area contributed by atoms with Crippen LogP contribution in [0, 0.1) is 24.0 Å². The van der Waals surface area contributed by atoms with Crippen LogP contribution in [0.1, 0.15) is 37.3 Å². The first-order chi connectivity index (χ1) is 10.8. The molecule has 1 aliphatic rings. The summed E-state index contributed by atoms with van der Waals surface area (Å²) in [4.78, 5) is 24.8. The van der Waals surface area contributed by atoms with Gasteiger partial charge in [-0.2, -0.15) is 0 Å². The van der Waals surface area contributed by atoms with Crippen molar-refractivity contribution >= 4 is 17.4 Å². The highest BCUT2D eigenvalue weighted by molar-refractivity contribution is 5.91. The molecule has 0 aromatic heterocycles. The molecule has 2 rings (SSSR count). The molecule has 1 fully saturated rings. The minimum absolute atomic E-state index is 0.00662. The minimum Gasteiger partial charge on any atom is -0.393 e. The third-order valence-electron chi connectivity index (χ3n) is 4.23. The maximum atomic E-state index is 12.5. The SMILES string of the molecule is Cc1cc(C)c([N+](=O)[O-])cc1NC(=O)N1CCC[C@@H]1C[C@@H](C)O. The zero-order valence-electron chi connectivity index (χ0n) is 13.7. The molecule has 1 heterocycles. The number of carbonyl (C=O) groups is 1. The summed E-state index contributed by atoms with van der Waals surface area (Å²) in [5.41, 5.74) is 1.80. The van der Waals surface area contributed by atoms with Gasteiger partial charge < -0.3 is 15.3 Å². The van der Waals surface area contributed by atoms with Crippen LogP contribution in [0.3, 0.4) is 0 Å². The number of carbonyl (C=O) groups excluding carboxylic acids is 1. The average molecular weight is 321 g/mol. The number of urea groups is 1. The molecule has 7 nitrogen and oxygen atoms in total. The number of aryl methyl sites for hydroxylation is 2. The number of rotatable bonds is 4. The molecule has 7 heteroatoms. The van der Waals surface area contributed by atoms with Crippen LogP contribution >= 0.6 is 0 Å².